The van der Waals surface area contributed by atoms with Gasteiger partial charge in [-0.1, -0.05) is 0 Å². The third kappa shape index (κ3) is 2.59. The van der Waals surface area contributed by atoms with Gasteiger partial charge in [0.15, 0.2) is 0 Å². The Morgan fingerprint density at radius 1 is 1.60 bits per heavy atom. The van der Waals surface area contributed by atoms with Crippen LogP contribution in [0.4, 0.5) is 5.69 Å². The summed E-state index contributed by atoms with van der Waals surface area (Å²) >= 11 is 1.28. The number of nitrogens with one attached hydrogen (secondary N) is 1. The van der Waals surface area contributed by atoms with Crippen LogP contribution in [-0.4, -0.2) is 35.9 Å². The zero-order chi connectivity index (χ0) is 13.9. The van der Waals surface area contributed by atoms with Crippen LogP contribution in [-0.2, 0) is 4.74 Å². The molecule has 2 aromatic heterocycles. The van der Waals surface area contributed by atoms with Crippen molar-refractivity contribution in [3.05, 3.63) is 17.1 Å². The molecule has 106 valence electrons. The van der Waals surface area contributed by atoms with E-state index in [0.717, 1.165) is 24.8 Å². The van der Waals surface area contributed by atoms with E-state index in [1.165, 1.54) is 11.3 Å². The number of rotatable bonds is 3. The van der Waals surface area contributed by atoms with Crippen molar-refractivity contribution in [2.75, 3.05) is 25.5 Å². The predicted molar refractivity (Wildman–Crippen MR) is 77.7 cm³/mol. The van der Waals surface area contributed by atoms with E-state index in [1.54, 1.807) is 12.3 Å². The molecule has 3 N–H and O–H groups in total. The van der Waals surface area contributed by atoms with Crippen LogP contribution < -0.4 is 11.1 Å². The molecule has 1 amide bonds. The second-order valence-corrected chi connectivity index (χ2v) is 5.89. The fourth-order valence-corrected chi connectivity index (χ4v) is 3.28. The number of ether oxygens (including phenoxy) is 1. The highest BCUT2D eigenvalue weighted by molar-refractivity contribution is 7.21. The topological polar surface area (TPSA) is 90.1 Å². The van der Waals surface area contributed by atoms with Crippen molar-refractivity contribution in [3.8, 4) is 0 Å². The maximum atomic E-state index is 12.2. The molecule has 7 heteroatoms. The van der Waals surface area contributed by atoms with Gasteiger partial charge in [-0.05, 0) is 24.8 Å². The lowest BCUT2D eigenvalue weighted by Crippen LogP contribution is -2.33. The van der Waals surface area contributed by atoms with Gasteiger partial charge in [0, 0.05) is 18.5 Å². The summed E-state index contributed by atoms with van der Waals surface area (Å²) in [6.07, 6.45) is 3.72. The smallest absolute Gasteiger partial charge is 0.263 e. The van der Waals surface area contributed by atoms with Gasteiger partial charge in [-0.25, -0.2) is 0 Å². The number of amides is 1. The van der Waals surface area contributed by atoms with Crippen molar-refractivity contribution < 1.29 is 9.53 Å². The fraction of sp³-hybridized carbons (Fsp3) is 0.462. The number of carbonyl (C=O) groups excluding carboxylic acids is 1. The first-order valence-corrected chi connectivity index (χ1v) is 7.43. The van der Waals surface area contributed by atoms with Gasteiger partial charge in [-0.3, -0.25) is 4.79 Å². The number of aromatic nitrogens is 2. The van der Waals surface area contributed by atoms with Crippen LogP contribution in [0.3, 0.4) is 0 Å². The monoisotopic (exact) mass is 292 g/mol. The van der Waals surface area contributed by atoms with Gasteiger partial charge in [0.25, 0.3) is 5.91 Å². The van der Waals surface area contributed by atoms with Gasteiger partial charge in [-0.2, -0.15) is 5.10 Å². The van der Waals surface area contributed by atoms with Gasteiger partial charge in [0.2, 0.25) is 0 Å². The molecule has 1 saturated heterocycles. The van der Waals surface area contributed by atoms with Crippen LogP contribution in [0, 0.1) is 5.92 Å². The van der Waals surface area contributed by atoms with Crippen LogP contribution in [0.1, 0.15) is 22.5 Å². The van der Waals surface area contributed by atoms with Gasteiger partial charge < -0.3 is 15.8 Å². The Hall–Kier alpha value is -1.73. The summed E-state index contributed by atoms with van der Waals surface area (Å²) in [7, 11) is 0. The maximum Gasteiger partial charge on any atom is 0.263 e. The number of hydrogen-bond acceptors (Lipinski definition) is 6. The van der Waals surface area contributed by atoms with Crippen LogP contribution in [0.25, 0.3) is 10.2 Å². The summed E-state index contributed by atoms with van der Waals surface area (Å²) in [6, 6.07) is 1.78. The van der Waals surface area contributed by atoms with Crippen LogP contribution >= 0.6 is 11.3 Å². The number of anilines is 1. The molecule has 1 atom stereocenters. The van der Waals surface area contributed by atoms with E-state index in [0.29, 0.717) is 34.5 Å². The zero-order valence-electron chi connectivity index (χ0n) is 11.0. The summed E-state index contributed by atoms with van der Waals surface area (Å²) in [4.78, 5) is 13.4. The highest BCUT2D eigenvalue weighted by Crippen LogP contribution is 2.31. The van der Waals surface area contributed by atoms with Gasteiger partial charge in [0.05, 0.1) is 18.5 Å². The molecule has 0 aliphatic carbocycles. The number of thiophene rings is 1. The Balaban J connectivity index is 1.70. The van der Waals surface area contributed by atoms with Crippen molar-refractivity contribution in [1.29, 1.82) is 0 Å². The first-order valence-electron chi connectivity index (χ1n) is 6.61. The normalized spacial score (nSPS) is 19.1. The molecule has 0 bridgehead atoms. The van der Waals surface area contributed by atoms with Gasteiger partial charge >= 0.3 is 0 Å². The molecule has 1 aliphatic rings. The van der Waals surface area contributed by atoms with E-state index in [2.05, 4.69) is 15.5 Å². The molecular weight excluding hydrogens is 276 g/mol. The van der Waals surface area contributed by atoms with Crippen LogP contribution in [0.2, 0.25) is 0 Å². The van der Waals surface area contributed by atoms with Crippen molar-refractivity contribution in [2.24, 2.45) is 5.92 Å². The second-order valence-electron chi connectivity index (χ2n) is 4.89. The van der Waals surface area contributed by atoms with Crippen molar-refractivity contribution in [2.45, 2.75) is 12.8 Å². The molecule has 0 radical (unpaired) electrons. The molecule has 1 fully saturated rings. The minimum Gasteiger partial charge on any atom is -0.397 e. The Bertz CT molecular complexity index is 622. The summed E-state index contributed by atoms with van der Waals surface area (Å²) in [6.45, 7) is 2.16. The molecule has 1 aliphatic heterocycles. The number of nitrogens with zero attached hydrogens (tertiary/aromatic N) is 2. The predicted octanol–water partition coefficient (Wildman–Crippen LogP) is 1.43. The Labute approximate surface area is 120 Å². The van der Waals surface area contributed by atoms with Gasteiger partial charge in [-0.15, -0.1) is 16.4 Å². The number of nitrogen functional groups attached to an aromatic ring is 1. The molecule has 0 aromatic carbocycles. The van der Waals surface area contributed by atoms with Crippen LogP contribution in [0.5, 0.6) is 0 Å². The Morgan fingerprint density at radius 2 is 2.50 bits per heavy atom. The minimum absolute atomic E-state index is 0.143. The lowest BCUT2D eigenvalue weighted by molar-refractivity contribution is 0.0537. The van der Waals surface area contributed by atoms with E-state index in [-0.39, 0.29) is 5.91 Å². The van der Waals surface area contributed by atoms with E-state index in [4.69, 9.17) is 10.5 Å². The standard InChI is InChI=1S/C13H16N4O2S/c14-10-9-3-4-16-17-13(9)20-11(10)12(18)15-6-8-2-1-5-19-7-8/h3-4,8H,1-2,5-7,14H2,(H,15,18). The summed E-state index contributed by atoms with van der Waals surface area (Å²) in [5.74, 6) is 0.249. The highest BCUT2D eigenvalue weighted by atomic mass is 32.1. The lowest BCUT2D eigenvalue weighted by atomic mass is 10.0. The summed E-state index contributed by atoms with van der Waals surface area (Å²) in [5.41, 5.74) is 6.49. The molecule has 0 spiro atoms. The van der Waals surface area contributed by atoms with E-state index >= 15 is 0 Å². The summed E-state index contributed by atoms with van der Waals surface area (Å²) < 4.78 is 5.40. The second kappa shape index (κ2) is 5.72. The number of nitrogens with two attached hydrogens (primary N) is 1. The molecule has 6 nitrogen and oxygen atoms in total. The van der Waals surface area contributed by atoms with Gasteiger partial charge in [0.1, 0.15) is 9.71 Å². The molecule has 20 heavy (non-hydrogen) atoms. The maximum absolute atomic E-state index is 12.2. The SMILES string of the molecule is Nc1c(C(=O)NCC2CCCOC2)sc2nnccc12. The zero-order valence-corrected chi connectivity index (χ0v) is 11.8. The average Bonchev–Trinajstić information content (AvgIpc) is 2.84. The fourth-order valence-electron chi connectivity index (χ4n) is 2.33. The van der Waals surface area contributed by atoms with E-state index < -0.39 is 0 Å². The molecule has 3 heterocycles. The first-order chi connectivity index (χ1) is 9.75. The number of hydrogen-bond donors (Lipinski definition) is 2. The summed E-state index contributed by atoms with van der Waals surface area (Å²) in [5, 5.41) is 11.5. The molecule has 3 rings (SSSR count). The number of fused-ring (bicyclic) bond motifs is 1. The Morgan fingerprint density at radius 3 is 3.25 bits per heavy atom. The molecule has 0 saturated carbocycles. The highest BCUT2D eigenvalue weighted by Gasteiger charge is 2.19. The quantitative estimate of drug-likeness (QED) is 0.893. The van der Waals surface area contributed by atoms with Crippen LogP contribution in [0.15, 0.2) is 12.3 Å². The van der Waals surface area contributed by atoms with Crippen molar-refractivity contribution in [1.82, 2.24) is 15.5 Å². The Kier molecular flexibility index (Phi) is 3.79. The minimum atomic E-state index is -0.143. The molecular formula is C13H16N4O2S. The van der Waals surface area contributed by atoms with Crippen molar-refractivity contribution >= 4 is 33.1 Å². The molecule has 2 aromatic rings. The number of carbonyl (C=O) groups is 1. The van der Waals surface area contributed by atoms with E-state index in [9.17, 15) is 4.79 Å². The third-order valence-corrected chi connectivity index (χ3v) is 4.54. The van der Waals surface area contributed by atoms with E-state index in [1.807, 2.05) is 0 Å². The average molecular weight is 292 g/mol. The third-order valence-electron chi connectivity index (χ3n) is 3.43. The first kappa shape index (κ1) is 13.3. The lowest BCUT2D eigenvalue weighted by Gasteiger charge is -2.22. The largest absolute Gasteiger partial charge is 0.397 e. The van der Waals surface area contributed by atoms with Crippen molar-refractivity contribution in [3.63, 3.8) is 0 Å². The molecule has 1 unspecified atom stereocenters.